The Labute approximate surface area is 203 Å². The molecule has 4 heterocycles. The summed E-state index contributed by atoms with van der Waals surface area (Å²) in [7, 11) is 1.75. The molecule has 0 radical (unpaired) electrons. The van der Waals surface area contributed by atoms with Gasteiger partial charge in [0.1, 0.15) is 18.2 Å². The Morgan fingerprint density at radius 1 is 1.11 bits per heavy atom. The maximum absolute atomic E-state index is 12.8. The molecule has 0 bridgehead atoms. The molecular weight excluding hydrogens is 474 g/mol. The Bertz CT molecular complexity index is 1440. The average molecular weight is 498 g/mol. The maximum atomic E-state index is 12.8. The molecular formula is C23H24F2N8O3. The summed E-state index contributed by atoms with van der Waals surface area (Å²) in [4.78, 5) is 33.3. The monoisotopic (exact) mass is 498 g/mol. The van der Waals surface area contributed by atoms with Crippen LogP contribution in [0.15, 0.2) is 30.7 Å². The summed E-state index contributed by atoms with van der Waals surface area (Å²) in [5.41, 5.74) is 6.95. The Hall–Kier alpha value is -4.16. The largest absolute Gasteiger partial charge is 0.474 e. The van der Waals surface area contributed by atoms with E-state index in [4.69, 9.17) is 10.5 Å². The fraction of sp³-hybridized carbons (Fsp3) is 0.391. The van der Waals surface area contributed by atoms with Gasteiger partial charge in [-0.2, -0.15) is 15.2 Å². The van der Waals surface area contributed by atoms with Gasteiger partial charge in [-0.05, 0) is 37.8 Å². The number of fused-ring (bicyclic) bond motifs is 2. The van der Waals surface area contributed by atoms with Gasteiger partial charge in [0.15, 0.2) is 11.3 Å². The van der Waals surface area contributed by atoms with Gasteiger partial charge < -0.3 is 15.8 Å². The molecule has 3 N–H and O–H groups in total. The first-order valence-electron chi connectivity index (χ1n) is 11.5. The second-order valence-corrected chi connectivity index (χ2v) is 8.81. The zero-order chi connectivity index (χ0) is 25.4. The molecule has 0 aliphatic heterocycles. The Balaban J connectivity index is 1.21. The topological polar surface area (TPSA) is 143 Å². The standard InChI is InChI=1S/C23H24F2N8O3/c1-32-21-13(9-28-32)7-17(19(26)34)23(31-21)36-16-4-2-15(3-5-16)30-22(35)14-6-12-10-29-33(11-18(24)25)20(12)27-8-14/h6-10,15-16,18H,2-5,11H2,1H3,(H2,26,34)(H,30,35). The van der Waals surface area contributed by atoms with E-state index in [2.05, 4.69) is 25.5 Å². The van der Waals surface area contributed by atoms with Crippen LogP contribution in [0.5, 0.6) is 5.88 Å². The van der Waals surface area contributed by atoms with Crippen molar-refractivity contribution in [3.63, 3.8) is 0 Å². The quantitative estimate of drug-likeness (QED) is 0.398. The third kappa shape index (κ3) is 4.68. The number of nitrogens with one attached hydrogen (secondary N) is 1. The highest BCUT2D eigenvalue weighted by Crippen LogP contribution is 2.27. The molecule has 0 spiro atoms. The summed E-state index contributed by atoms with van der Waals surface area (Å²) in [6.07, 6.45) is 4.27. The number of amides is 2. The summed E-state index contributed by atoms with van der Waals surface area (Å²) in [5.74, 6) is -0.748. The second kappa shape index (κ2) is 9.47. The first kappa shape index (κ1) is 23.6. The van der Waals surface area contributed by atoms with E-state index in [-0.39, 0.29) is 29.5 Å². The van der Waals surface area contributed by atoms with Crippen molar-refractivity contribution in [2.24, 2.45) is 12.8 Å². The van der Waals surface area contributed by atoms with Crippen molar-refractivity contribution in [3.05, 3.63) is 41.9 Å². The van der Waals surface area contributed by atoms with Crippen LogP contribution in [-0.2, 0) is 13.6 Å². The van der Waals surface area contributed by atoms with Crippen LogP contribution in [0.2, 0.25) is 0 Å². The lowest BCUT2D eigenvalue weighted by atomic mass is 9.92. The van der Waals surface area contributed by atoms with E-state index in [1.54, 1.807) is 30.1 Å². The van der Waals surface area contributed by atoms with Crippen LogP contribution in [0.4, 0.5) is 8.78 Å². The fourth-order valence-electron chi connectivity index (χ4n) is 4.44. The Morgan fingerprint density at radius 3 is 2.56 bits per heavy atom. The number of pyridine rings is 2. The molecule has 0 aromatic carbocycles. The van der Waals surface area contributed by atoms with Crippen molar-refractivity contribution in [3.8, 4) is 5.88 Å². The molecule has 4 aromatic heterocycles. The van der Waals surface area contributed by atoms with Crippen LogP contribution in [0, 0.1) is 0 Å². The predicted molar refractivity (Wildman–Crippen MR) is 125 cm³/mol. The van der Waals surface area contributed by atoms with Crippen LogP contribution < -0.4 is 15.8 Å². The number of alkyl halides is 2. The number of hydrogen-bond donors (Lipinski definition) is 2. The lowest BCUT2D eigenvalue weighted by molar-refractivity contribution is 0.0881. The lowest BCUT2D eigenvalue weighted by Gasteiger charge is -2.29. The third-order valence-corrected chi connectivity index (χ3v) is 6.27. The highest BCUT2D eigenvalue weighted by Gasteiger charge is 2.26. The summed E-state index contributed by atoms with van der Waals surface area (Å²) >= 11 is 0. The molecule has 0 unspecified atom stereocenters. The van der Waals surface area contributed by atoms with Crippen molar-refractivity contribution in [1.29, 1.82) is 0 Å². The van der Waals surface area contributed by atoms with Crippen molar-refractivity contribution >= 4 is 33.9 Å². The summed E-state index contributed by atoms with van der Waals surface area (Å²) in [6, 6.07) is 3.14. The third-order valence-electron chi connectivity index (χ3n) is 6.27. The van der Waals surface area contributed by atoms with Crippen LogP contribution in [0.1, 0.15) is 46.4 Å². The number of primary amides is 1. The first-order valence-corrected chi connectivity index (χ1v) is 11.5. The minimum absolute atomic E-state index is 0.0715. The molecule has 1 aliphatic carbocycles. The number of ether oxygens (including phenoxy) is 1. The Morgan fingerprint density at radius 2 is 1.83 bits per heavy atom. The van der Waals surface area contributed by atoms with Crippen molar-refractivity contribution in [1.82, 2.24) is 34.8 Å². The molecule has 0 saturated heterocycles. The average Bonchev–Trinajstić information content (AvgIpc) is 3.42. The number of aryl methyl sites for hydroxylation is 1. The smallest absolute Gasteiger partial charge is 0.258 e. The molecule has 1 saturated carbocycles. The number of halogens is 2. The molecule has 2 amide bonds. The zero-order valence-electron chi connectivity index (χ0n) is 19.4. The molecule has 5 rings (SSSR count). The number of carbonyl (C=O) groups excluding carboxylic acids is 2. The van der Waals surface area contributed by atoms with Crippen molar-refractivity contribution in [2.45, 2.75) is 50.8 Å². The highest BCUT2D eigenvalue weighted by molar-refractivity contribution is 5.98. The van der Waals surface area contributed by atoms with E-state index in [0.29, 0.717) is 53.3 Å². The van der Waals surface area contributed by atoms with E-state index < -0.39 is 18.9 Å². The van der Waals surface area contributed by atoms with Gasteiger partial charge in [-0.3, -0.25) is 14.3 Å². The number of aromatic nitrogens is 6. The van der Waals surface area contributed by atoms with E-state index in [1.165, 1.54) is 12.4 Å². The molecule has 36 heavy (non-hydrogen) atoms. The molecule has 1 aliphatic rings. The first-order chi connectivity index (χ1) is 17.3. The van der Waals surface area contributed by atoms with Crippen LogP contribution in [0.3, 0.4) is 0 Å². The van der Waals surface area contributed by atoms with Gasteiger partial charge in [0.05, 0.1) is 18.0 Å². The molecule has 1 fully saturated rings. The van der Waals surface area contributed by atoms with E-state index in [1.807, 2.05) is 0 Å². The minimum atomic E-state index is -2.55. The Kier molecular flexibility index (Phi) is 6.20. The SMILES string of the molecule is Cn1ncc2cc(C(N)=O)c(OC3CCC(NC(=O)c4cnc5c(cnn5CC(F)F)c4)CC3)nc21. The lowest BCUT2D eigenvalue weighted by Crippen LogP contribution is -2.40. The summed E-state index contributed by atoms with van der Waals surface area (Å²) in [5, 5.41) is 12.3. The van der Waals surface area contributed by atoms with Crippen molar-refractivity contribution in [2.75, 3.05) is 0 Å². The number of nitrogens with zero attached hydrogens (tertiary/aromatic N) is 6. The van der Waals surface area contributed by atoms with Gasteiger partial charge in [0.25, 0.3) is 18.2 Å². The summed E-state index contributed by atoms with van der Waals surface area (Å²) < 4.78 is 34.1. The maximum Gasteiger partial charge on any atom is 0.258 e. The number of nitrogens with two attached hydrogens (primary N) is 1. The van der Waals surface area contributed by atoms with Gasteiger partial charge in [-0.15, -0.1) is 0 Å². The second-order valence-electron chi connectivity index (χ2n) is 8.81. The van der Waals surface area contributed by atoms with Crippen LogP contribution >= 0.6 is 0 Å². The van der Waals surface area contributed by atoms with Gasteiger partial charge in [0.2, 0.25) is 5.88 Å². The predicted octanol–water partition coefficient (Wildman–Crippen LogP) is 2.20. The van der Waals surface area contributed by atoms with Crippen LogP contribution in [0.25, 0.3) is 22.1 Å². The zero-order valence-corrected chi connectivity index (χ0v) is 19.4. The van der Waals surface area contributed by atoms with Gasteiger partial charge >= 0.3 is 0 Å². The minimum Gasteiger partial charge on any atom is -0.474 e. The molecule has 13 heteroatoms. The van der Waals surface area contributed by atoms with Crippen molar-refractivity contribution < 1.29 is 23.1 Å². The molecule has 0 atom stereocenters. The van der Waals surface area contributed by atoms with Gasteiger partial charge in [-0.25, -0.2) is 18.4 Å². The number of carbonyl (C=O) groups is 2. The molecule has 188 valence electrons. The fourth-order valence-corrected chi connectivity index (χ4v) is 4.44. The van der Waals surface area contributed by atoms with E-state index in [9.17, 15) is 18.4 Å². The summed E-state index contributed by atoms with van der Waals surface area (Å²) in [6.45, 7) is -0.556. The molecule has 4 aromatic rings. The highest BCUT2D eigenvalue weighted by atomic mass is 19.3. The molecule has 11 nitrogen and oxygen atoms in total. The van der Waals surface area contributed by atoms with E-state index >= 15 is 0 Å². The van der Waals surface area contributed by atoms with Gasteiger partial charge in [-0.1, -0.05) is 0 Å². The normalized spacial score (nSPS) is 18.1. The number of rotatable bonds is 7. The van der Waals surface area contributed by atoms with E-state index in [0.717, 1.165) is 4.68 Å². The van der Waals surface area contributed by atoms with Gasteiger partial charge in [0, 0.05) is 30.1 Å². The van der Waals surface area contributed by atoms with Crippen LogP contribution in [-0.4, -0.2) is 59.9 Å². The number of hydrogen-bond acceptors (Lipinski definition) is 7.